The molecule has 1 rings (SSSR count). The highest BCUT2D eigenvalue weighted by molar-refractivity contribution is 7.89. The van der Waals surface area contributed by atoms with E-state index in [1.165, 1.54) is 12.4 Å². The van der Waals surface area contributed by atoms with Gasteiger partial charge in [-0.05, 0) is 0 Å². The molecule has 0 aromatic carbocycles. The molecule has 0 atom stereocenters. The third-order valence-corrected chi connectivity index (χ3v) is 3.51. The average molecular weight is 293 g/mol. The van der Waals surface area contributed by atoms with E-state index >= 15 is 0 Å². The first-order chi connectivity index (χ1) is 8.44. The van der Waals surface area contributed by atoms with Gasteiger partial charge in [0.05, 0.1) is 18.1 Å². The van der Waals surface area contributed by atoms with Crippen LogP contribution < -0.4 is 10.0 Å². The number of halogens is 1. The van der Waals surface area contributed by atoms with Gasteiger partial charge in [0.25, 0.3) is 5.91 Å². The quantitative estimate of drug-likeness (QED) is 0.756. The molecule has 0 aliphatic carbocycles. The molecule has 1 amide bonds. The monoisotopic (exact) mass is 292 g/mol. The Kier molecular flexibility index (Phi) is 5.45. The summed E-state index contributed by atoms with van der Waals surface area (Å²) in [6.07, 6.45) is 2.55. The summed E-state index contributed by atoms with van der Waals surface area (Å²) in [5, 5.41) is 2.52. The van der Waals surface area contributed by atoms with Gasteiger partial charge in [0.15, 0.2) is 0 Å². The summed E-state index contributed by atoms with van der Waals surface area (Å²) >= 11 is 5.58. The van der Waals surface area contributed by atoms with Crippen molar-refractivity contribution in [2.75, 3.05) is 18.8 Å². The van der Waals surface area contributed by atoms with Crippen molar-refractivity contribution in [2.45, 2.75) is 6.92 Å². The third-order valence-electron chi connectivity index (χ3n) is 1.86. The smallest absolute Gasteiger partial charge is 0.271 e. The molecule has 0 saturated heterocycles. The lowest BCUT2D eigenvalue weighted by atomic mass is 10.4. The van der Waals surface area contributed by atoms with Crippen LogP contribution in [0.3, 0.4) is 0 Å². The second kappa shape index (κ2) is 6.62. The summed E-state index contributed by atoms with van der Waals surface area (Å²) < 4.78 is 24.9. The van der Waals surface area contributed by atoms with Gasteiger partial charge in [-0.15, -0.1) is 0 Å². The van der Waals surface area contributed by atoms with E-state index in [9.17, 15) is 13.2 Å². The Hall–Kier alpha value is -1.25. The van der Waals surface area contributed by atoms with Crippen LogP contribution in [0.1, 0.15) is 17.4 Å². The van der Waals surface area contributed by atoms with Gasteiger partial charge in [-0.2, -0.15) is 0 Å². The minimum absolute atomic E-state index is 0.0115. The van der Waals surface area contributed by atoms with E-state index in [-0.39, 0.29) is 23.1 Å². The Morgan fingerprint density at radius 1 is 1.44 bits per heavy atom. The summed E-state index contributed by atoms with van der Waals surface area (Å²) in [7, 11) is -3.34. The molecule has 0 saturated carbocycles. The Balaban J connectivity index is 2.48. The van der Waals surface area contributed by atoms with Gasteiger partial charge in [-0.3, -0.25) is 9.78 Å². The first-order valence-corrected chi connectivity index (χ1v) is 7.20. The topological polar surface area (TPSA) is 101 Å². The number of aromatic nitrogens is 2. The fourth-order valence-corrected chi connectivity index (χ4v) is 2.24. The number of nitrogens with zero attached hydrogens (tertiary/aromatic N) is 2. The summed E-state index contributed by atoms with van der Waals surface area (Å²) in [5.74, 6) is -0.711. The highest BCUT2D eigenvalue weighted by atomic mass is 35.5. The zero-order valence-electron chi connectivity index (χ0n) is 9.68. The van der Waals surface area contributed by atoms with E-state index in [1.54, 1.807) is 6.92 Å². The van der Waals surface area contributed by atoms with Crippen LogP contribution in [0.15, 0.2) is 12.4 Å². The molecule has 0 bridgehead atoms. The molecule has 0 unspecified atom stereocenters. The first kappa shape index (κ1) is 14.8. The lowest BCUT2D eigenvalue weighted by Crippen LogP contribution is -2.34. The maximum atomic E-state index is 11.6. The Morgan fingerprint density at radius 2 is 2.17 bits per heavy atom. The molecule has 0 fully saturated rings. The number of amides is 1. The van der Waals surface area contributed by atoms with Gasteiger partial charge in [0.2, 0.25) is 10.0 Å². The number of carbonyl (C=O) groups is 1. The Morgan fingerprint density at radius 3 is 2.78 bits per heavy atom. The molecule has 2 N–H and O–H groups in total. The van der Waals surface area contributed by atoms with Gasteiger partial charge in [-0.25, -0.2) is 18.1 Å². The van der Waals surface area contributed by atoms with Crippen LogP contribution in [-0.4, -0.2) is 43.1 Å². The molecule has 1 aromatic heterocycles. The minimum Gasteiger partial charge on any atom is -0.350 e. The zero-order chi connectivity index (χ0) is 13.6. The van der Waals surface area contributed by atoms with E-state index in [1.807, 2.05) is 0 Å². The Labute approximate surface area is 110 Å². The van der Waals surface area contributed by atoms with Crippen molar-refractivity contribution in [3.63, 3.8) is 0 Å². The van der Waals surface area contributed by atoms with Crippen LogP contribution >= 0.6 is 11.6 Å². The standard InChI is InChI=1S/C9H13ClN4O3S/c1-2-13-18(16,17)4-3-12-9(15)7-5-11-6-8(10)14-7/h5-6,13H,2-4H2,1H3,(H,12,15). The van der Waals surface area contributed by atoms with Crippen molar-refractivity contribution in [3.8, 4) is 0 Å². The SMILES string of the molecule is CCNS(=O)(=O)CCNC(=O)c1cncc(Cl)n1. The summed E-state index contributed by atoms with van der Waals surface area (Å²) in [5.41, 5.74) is 0.0448. The second-order valence-corrected chi connectivity index (χ2v) is 5.61. The molecule has 0 aliphatic rings. The van der Waals surface area contributed by atoms with Crippen LogP contribution in [0.5, 0.6) is 0 Å². The molecule has 0 spiro atoms. The van der Waals surface area contributed by atoms with E-state index in [4.69, 9.17) is 11.6 Å². The number of rotatable bonds is 6. The second-order valence-electron chi connectivity index (χ2n) is 3.30. The molecule has 0 radical (unpaired) electrons. The van der Waals surface area contributed by atoms with Gasteiger partial charge < -0.3 is 5.32 Å². The van der Waals surface area contributed by atoms with Crippen LogP contribution in [-0.2, 0) is 10.0 Å². The molecule has 9 heteroatoms. The summed E-state index contributed by atoms with van der Waals surface area (Å²) in [6, 6.07) is 0. The fourth-order valence-electron chi connectivity index (χ4n) is 1.13. The van der Waals surface area contributed by atoms with Gasteiger partial charge in [0, 0.05) is 13.1 Å². The number of hydrogen-bond acceptors (Lipinski definition) is 5. The number of nitrogens with one attached hydrogen (secondary N) is 2. The molecule has 100 valence electrons. The maximum absolute atomic E-state index is 11.6. The van der Waals surface area contributed by atoms with Crippen molar-refractivity contribution < 1.29 is 13.2 Å². The summed E-state index contributed by atoms with van der Waals surface area (Å²) in [4.78, 5) is 19.0. The highest BCUT2D eigenvalue weighted by Crippen LogP contribution is 2.01. The third kappa shape index (κ3) is 4.94. The highest BCUT2D eigenvalue weighted by Gasteiger charge is 2.11. The molecule has 7 nitrogen and oxygen atoms in total. The predicted molar refractivity (Wildman–Crippen MR) is 66.8 cm³/mol. The predicted octanol–water partition coefficient (Wildman–Crippen LogP) is -0.201. The van der Waals surface area contributed by atoms with E-state index in [2.05, 4.69) is 20.0 Å². The molecule has 0 aliphatic heterocycles. The van der Waals surface area contributed by atoms with Crippen LogP contribution in [0.25, 0.3) is 0 Å². The number of carbonyl (C=O) groups excluding carboxylic acids is 1. The molecular formula is C9H13ClN4O3S. The van der Waals surface area contributed by atoms with E-state index in [0.29, 0.717) is 6.54 Å². The molecular weight excluding hydrogens is 280 g/mol. The fraction of sp³-hybridized carbons (Fsp3) is 0.444. The number of sulfonamides is 1. The van der Waals surface area contributed by atoms with Crippen molar-refractivity contribution in [3.05, 3.63) is 23.2 Å². The number of hydrogen-bond donors (Lipinski definition) is 2. The van der Waals surface area contributed by atoms with Crippen LogP contribution in [0.4, 0.5) is 0 Å². The average Bonchev–Trinajstić information content (AvgIpc) is 2.28. The minimum atomic E-state index is -3.34. The van der Waals surface area contributed by atoms with Crippen molar-refractivity contribution in [1.82, 2.24) is 20.0 Å². The lowest BCUT2D eigenvalue weighted by Gasteiger charge is -2.06. The molecule has 1 aromatic rings. The zero-order valence-corrected chi connectivity index (χ0v) is 11.3. The maximum Gasteiger partial charge on any atom is 0.271 e. The normalized spacial score (nSPS) is 11.2. The van der Waals surface area contributed by atoms with Crippen molar-refractivity contribution in [2.24, 2.45) is 0 Å². The van der Waals surface area contributed by atoms with Gasteiger partial charge >= 0.3 is 0 Å². The first-order valence-electron chi connectivity index (χ1n) is 5.17. The van der Waals surface area contributed by atoms with Crippen molar-refractivity contribution >= 4 is 27.5 Å². The van der Waals surface area contributed by atoms with Crippen LogP contribution in [0.2, 0.25) is 5.15 Å². The largest absolute Gasteiger partial charge is 0.350 e. The van der Waals surface area contributed by atoms with Crippen LogP contribution in [0, 0.1) is 0 Å². The van der Waals surface area contributed by atoms with E-state index < -0.39 is 15.9 Å². The van der Waals surface area contributed by atoms with Crippen molar-refractivity contribution in [1.29, 1.82) is 0 Å². The summed E-state index contributed by atoms with van der Waals surface area (Å²) in [6.45, 7) is 1.98. The van der Waals surface area contributed by atoms with Gasteiger partial charge in [-0.1, -0.05) is 18.5 Å². The molecule has 18 heavy (non-hydrogen) atoms. The Bertz CT molecular complexity index is 520. The molecule has 1 heterocycles. The van der Waals surface area contributed by atoms with E-state index in [0.717, 1.165) is 0 Å². The van der Waals surface area contributed by atoms with Gasteiger partial charge in [0.1, 0.15) is 10.8 Å². The lowest BCUT2D eigenvalue weighted by molar-refractivity contribution is 0.0950.